The minimum Gasteiger partial charge on any atom is -0.381 e. The highest BCUT2D eigenvalue weighted by molar-refractivity contribution is 7.89. The lowest BCUT2D eigenvalue weighted by Crippen LogP contribution is -2.18. The third-order valence-corrected chi connectivity index (χ3v) is 4.57. The highest BCUT2D eigenvalue weighted by Crippen LogP contribution is 2.20. The number of nitrogens with one attached hydrogen (secondary N) is 2. The summed E-state index contributed by atoms with van der Waals surface area (Å²) >= 11 is 0. The molecular formula is C15H17FN2O2S. The van der Waals surface area contributed by atoms with Crippen molar-refractivity contribution in [2.24, 2.45) is 0 Å². The van der Waals surface area contributed by atoms with Crippen LogP contribution in [0.15, 0.2) is 47.4 Å². The number of halogens is 1. The van der Waals surface area contributed by atoms with Gasteiger partial charge in [0.25, 0.3) is 0 Å². The first-order chi connectivity index (χ1) is 9.92. The van der Waals surface area contributed by atoms with E-state index in [0.717, 1.165) is 11.1 Å². The second-order valence-electron chi connectivity index (χ2n) is 4.67. The average molecular weight is 308 g/mol. The Morgan fingerprint density at radius 3 is 2.57 bits per heavy atom. The summed E-state index contributed by atoms with van der Waals surface area (Å²) < 4.78 is 39.0. The number of aryl methyl sites for hydroxylation is 1. The predicted octanol–water partition coefficient (Wildman–Crippen LogP) is 2.65. The lowest BCUT2D eigenvalue weighted by atomic mass is 10.1. The van der Waals surface area contributed by atoms with Crippen LogP contribution in [-0.4, -0.2) is 15.5 Å². The van der Waals surface area contributed by atoms with Crippen LogP contribution in [-0.2, 0) is 16.6 Å². The highest BCUT2D eigenvalue weighted by atomic mass is 32.2. The second kappa shape index (κ2) is 6.24. The number of rotatable bonds is 5. The van der Waals surface area contributed by atoms with Crippen molar-refractivity contribution in [1.29, 1.82) is 0 Å². The Hall–Kier alpha value is -1.92. The maximum atomic E-state index is 13.1. The average Bonchev–Trinajstić information content (AvgIpc) is 2.46. The van der Waals surface area contributed by atoms with E-state index in [1.54, 1.807) is 30.3 Å². The minimum absolute atomic E-state index is 0.192. The second-order valence-corrected chi connectivity index (χ2v) is 6.55. The Morgan fingerprint density at radius 1 is 1.14 bits per heavy atom. The summed E-state index contributed by atoms with van der Waals surface area (Å²) in [5, 5.41) is 3.13. The predicted molar refractivity (Wildman–Crippen MR) is 81.2 cm³/mol. The van der Waals surface area contributed by atoms with Gasteiger partial charge in [-0.1, -0.05) is 18.2 Å². The molecule has 2 rings (SSSR count). The number of hydrogen-bond donors (Lipinski definition) is 2. The van der Waals surface area contributed by atoms with E-state index in [2.05, 4.69) is 10.0 Å². The van der Waals surface area contributed by atoms with Crippen molar-refractivity contribution in [3.63, 3.8) is 0 Å². The van der Waals surface area contributed by atoms with E-state index in [-0.39, 0.29) is 10.7 Å². The Labute approximate surface area is 124 Å². The van der Waals surface area contributed by atoms with E-state index in [9.17, 15) is 12.8 Å². The molecule has 4 nitrogen and oxygen atoms in total. The van der Waals surface area contributed by atoms with Crippen molar-refractivity contribution in [1.82, 2.24) is 4.72 Å². The molecule has 0 radical (unpaired) electrons. The van der Waals surface area contributed by atoms with Crippen LogP contribution >= 0.6 is 0 Å². The number of benzene rings is 2. The van der Waals surface area contributed by atoms with Crippen LogP contribution in [0.5, 0.6) is 0 Å². The van der Waals surface area contributed by atoms with E-state index < -0.39 is 10.0 Å². The van der Waals surface area contributed by atoms with Gasteiger partial charge in [-0.25, -0.2) is 17.5 Å². The standard InChI is InChI=1S/C15H17FN2O2S/c1-11-6-7-14(21(19,20)17-2)9-15(11)18-10-12-4-3-5-13(16)8-12/h3-9,17-18H,10H2,1-2H3. The fourth-order valence-electron chi connectivity index (χ4n) is 1.92. The first-order valence-electron chi connectivity index (χ1n) is 6.45. The molecule has 0 aliphatic heterocycles. The molecule has 2 aromatic rings. The Balaban J connectivity index is 2.22. The molecule has 0 unspecified atom stereocenters. The molecule has 0 heterocycles. The molecule has 112 valence electrons. The van der Waals surface area contributed by atoms with Gasteiger partial charge in [-0.15, -0.1) is 0 Å². The van der Waals surface area contributed by atoms with Crippen molar-refractivity contribution < 1.29 is 12.8 Å². The first-order valence-corrected chi connectivity index (χ1v) is 7.93. The summed E-state index contributed by atoms with van der Waals surface area (Å²) in [4.78, 5) is 0.192. The van der Waals surface area contributed by atoms with Crippen LogP contribution in [0, 0.1) is 12.7 Å². The van der Waals surface area contributed by atoms with Crippen LogP contribution in [0.2, 0.25) is 0 Å². The van der Waals surface area contributed by atoms with Gasteiger partial charge in [-0.2, -0.15) is 0 Å². The molecule has 21 heavy (non-hydrogen) atoms. The monoisotopic (exact) mass is 308 g/mol. The van der Waals surface area contributed by atoms with Gasteiger partial charge >= 0.3 is 0 Å². The van der Waals surface area contributed by atoms with Gasteiger partial charge in [0.2, 0.25) is 10.0 Å². The van der Waals surface area contributed by atoms with Gasteiger partial charge in [0.1, 0.15) is 5.82 Å². The normalized spacial score (nSPS) is 11.4. The summed E-state index contributed by atoms with van der Waals surface area (Å²) in [7, 11) is -2.11. The SMILES string of the molecule is CNS(=O)(=O)c1ccc(C)c(NCc2cccc(F)c2)c1. The Kier molecular flexibility index (Phi) is 4.59. The summed E-state index contributed by atoms with van der Waals surface area (Å²) in [6.45, 7) is 2.30. The maximum absolute atomic E-state index is 13.1. The third kappa shape index (κ3) is 3.80. The van der Waals surface area contributed by atoms with Crippen LogP contribution in [0.4, 0.5) is 10.1 Å². The molecule has 0 saturated heterocycles. The van der Waals surface area contributed by atoms with Gasteiger partial charge in [-0.3, -0.25) is 0 Å². The molecular weight excluding hydrogens is 291 g/mol. The molecule has 0 aliphatic rings. The molecule has 0 aromatic heterocycles. The van der Waals surface area contributed by atoms with Crippen molar-refractivity contribution >= 4 is 15.7 Å². The smallest absolute Gasteiger partial charge is 0.240 e. The minimum atomic E-state index is -3.48. The molecule has 2 N–H and O–H groups in total. The van der Waals surface area contributed by atoms with E-state index in [4.69, 9.17) is 0 Å². The van der Waals surface area contributed by atoms with Crippen LogP contribution in [0.3, 0.4) is 0 Å². The summed E-state index contributed by atoms with van der Waals surface area (Å²) in [5.74, 6) is -0.294. The van der Waals surface area contributed by atoms with Gasteiger partial charge in [-0.05, 0) is 49.4 Å². The van der Waals surface area contributed by atoms with E-state index in [1.165, 1.54) is 19.2 Å². The zero-order chi connectivity index (χ0) is 15.5. The molecule has 2 aromatic carbocycles. The third-order valence-electron chi connectivity index (χ3n) is 3.16. The van der Waals surface area contributed by atoms with Gasteiger partial charge < -0.3 is 5.32 Å². The molecule has 0 spiro atoms. The van der Waals surface area contributed by atoms with Crippen LogP contribution < -0.4 is 10.0 Å². The summed E-state index contributed by atoms with van der Waals surface area (Å²) in [6.07, 6.45) is 0. The number of sulfonamides is 1. The zero-order valence-electron chi connectivity index (χ0n) is 11.9. The fraction of sp³-hybridized carbons (Fsp3) is 0.200. The lowest BCUT2D eigenvalue weighted by Gasteiger charge is -2.12. The molecule has 0 saturated carbocycles. The Morgan fingerprint density at radius 2 is 1.90 bits per heavy atom. The molecule has 0 atom stereocenters. The lowest BCUT2D eigenvalue weighted by molar-refractivity contribution is 0.588. The van der Waals surface area contributed by atoms with Gasteiger partial charge in [0, 0.05) is 12.2 Å². The van der Waals surface area contributed by atoms with Crippen molar-refractivity contribution in [2.75, 3.05) is 12.4 Å². The van der Waals surface area contributed by atoms with Crippen LogP contribution in [0.25, 0.3) is 0 Å². The Bertz CT molecular complexity index is 745. The van der Waals surface area contributed by atoms with Crippen molar-refractivity contribution in [3.8, 4) is 0 Å². The number of anilines is 1. The molecule has 6 heteroatoms. The quantitative estimate of drug-likeness (QED) is 0.893. The molecule has 0 fully saturated rings. The van der Waals surface area contributed by atoms with Crippen molar-refractivity contribution in [2.45, 2.75) is 18.4 Å². The van der Waals surface area contributed by atoms with Crippen LogP contribution in [0.1, 0.15) is 11.1 Å². The maximum Gasteiger partial charge on any atom is 0.240 e. The summed E-state index contributed by atoms with van der Waals surface area (Å²) in [6, 6.07) is 11.1. The van der Waals surface area contributed by atoms with E-state index in [1.807, 2.05) is 6.92 Å². The molecule has 0 amide bonds. The largest absolute Gasteiger partial charge is 0.381 e. The summed E-state index contributed by atoms with van der Waals surface area (Å²) in [5.41, 5.74) is 2.41. The van der Waals surface area contributed by atoms with Gasteiger partial charge in [0.05, 0.1) is 4.90 Å². The topological polar surface area (TPSA) is 58.2 Å². The first kappa shape index (κ1) is 15.5. The zero-order valence-corrected chi connectivity index (χ0v) is 12.7. The molecule has 0 aliphatic carbocycles. The highest BCUT2D eigenvalue weighted by Gasteiger charge is 2.12. The van der Waals surface area contributed by atoms with E-state index >= 15 is 0 Å². The fourth-order valence-corrected chi connectivity index (χ4v) is 2.68. The molecule has 0 bridgehead atoms. The number of hydrogen-bond acceptors (Lipinski definition) is 3. The van der Waals surface area contributed by atoms with Gasteiger partial charge in [0.15, 0.2) is 0 Å². The van der Waals surface area contributed by atoms with E-state index in [0.29, 0.717) is 12.2 Å². The van der Waals surface area contributed by atoms with Crippen molar-refractivity contribution in [3.05, 3.63) is 59.4 Å².